The minimum atomic E-state index is -0.159. The fourth-order valence-electron chi connectivity index (χ4n) is 3.81. The molecule has 0 unspecified atom stereocenters. The molecule has 2 aliphatic heterocycles. The number of piperidine rings is 1. The Balaban J connectivity index is 1.33. The van der Waals surface area contributed by atoms with Gasteiger partial charge in [0.05, 0.1) is 5.69 Å². The third-order valence-electron chi connectivity index (χ3n) is 5.68. The van der Waals surface area contributed by atoms with Gasteiger partial charge in [0.25, 0.3) is 5.91 Å². The highest BCUT2D eigenvalue weighted by Crippen LogP contribution is 2.27. The van der Waals surface area contributed by atoms with Gasteiger partial charge in [0.2, 0.25) is 0 Å². The quantitative estimate of drug-likeness (QED) is 0.848. The molecule has 1 N–H and O–H groups in total. The van der Waals surface area contributed by atoms with Gasteiger partial charge >= 0.3 is 6.03 Å². The number of hydrogen-bond acceptors (Lipinski definition) is 6. The van der Waals surface area contributed by atoms with Crippen molar-refractivity contribution in [3.05, 3.63) is 42.0 Å². The maximum absolute atomic E-state index is 12.7. The second kappa shape index (κ2) is 8.60. The second-order valence-corrected chi connectivity index (χ2v) is 7.64. The van der Waals surface area contributed by atoms with Crippen molar-refractivity contribution in [1.29, 1.82) is 0 Å². The number of likely N-dealkylation sites (N-methyl/N-ethyl adjacent to an activating group) is 1. The van der Waals surface area contributed by atoms with Crippen LogP contribution in [0.2, 0.25) is 0 Å². The summed E-state index contributed by atoms with van der Waals surface area (Å²) in [5, 5.41) is 6.91. The topological polar surface area (TPSA) is 94.8 Å². The molecule has 0 spiro atoms. The van der Waals surface area contributed by atoms with E-state index >= 15 is 0 Å². The van der Waals surface area contributed by atoms with Crippen LogP contribution in [0.4, 0.5) is 10.5 Å². The summed E-state index contributed by atoms with van der Waals surface area (Å²) < 4.78 is 4.92. The van der Waals surface area contributed by atoms with E-state index in [9.17, 15) is 9.59 Å². The lowest BCUT2D eigenvalue weighted by Gasteiger charge is -2.32. The molecule has 2 aromatic rings. The van der Waals surface area contributed by atoms with Crippen LogP contribution in [0.15, 0.2) is 35.2 Å². The Labute approximate surface area is 169 Å². The van der Waals surface area contributed by atoms with Crippen molar-refractivity contribution < 1.29 is 14.1 Å². The average Bonchev–Trinajstić information content (AvgIpc) is 3.29. The van der Waals surface area contributed by atoms with Crippen molar-refractivity contribution in [1.82, 2.24) is 24.8 Å². The second-order valence-electron chi connectivity index (χ2n) is 7.64. The van der Waals surface area contributed by atoms with E-state index in [-0.39, 0.29) is 11.9 Å². The van der Waals surface area contributed by atoms with Gasteiger partial charge in [-0.05, 0) is 32.0 Å². The lowest BCUT2D eigenvalue weighted by molar-refractivity contribution is 0.0658. The number of nitrogens with zero attached hydrogens (tertiary/aromatic N) is 5. The van der Waals surface area contributed by atoms with E-state index in [2.05, 4.69) is 20.4 Å². The van der Waals surface area contributed by atoms with Crippen molar-refractivity contribution in [2.45, 2.75) is 18.8 Å². The first-order valence-corrected chi connectivity index (χ1v) is 10.0. The Morgan fingerprint density at radius 1 is 1.07 bits per heavy atom. The van der Waals surface area contributed by atoms with Crippen molar-refractivity contribution in [2.75, 3.05) is 51.6 Å². The van der Waals surface area contributed by atoms with Crippen molar-refractivity contribution in [2.24, 2.45) is 0 Å². The predicted molar refractivity (Wildman–Crippen MR) is 107 cm³/mol. The zero-order chi connectivity index (χ0) is 20.2. The Morgan fingerprint density at radius 3 is 2.52 bits per heavy atom. The van der Waals surface area contributed by atoms with Gasteiger partial charge in [-0.3, -0.25) is 9.78 Å². The van der Waals surface area contributed by atoms with E-state index in [0.29, 0.717) is 43.5 Å². The fraction of sp³-hybridized carbons (Fsp3) is 0.500. The maximum atomic E-state index is 12.7. The summed E-state index contributed by atoms with van der Waals surface area (Å²) in [7, 11) is 2.05. The first-order chi connectivity index (χ1) is 14.1. The summed E-state index contributed by atoms with van der Waals surface area (Å²) in [6.07, 6.45) is 4.85. The summed E-state index contributed by atoms with van der Waals surface area (Å²) in [6, 6.07) is 5.09. The summed E-state index contributed by atoms with van der Waals surface area (Å²) in [5.74, 6) is 0.231. The highest BCUT2D eigenvalue weighted by atomic mass is 16.5. The van der Waals surface area contributed by atoms with Gasteiger partial charge in [-0.2, -0.15) is 0 Å². The average molecular weight is 398 g/mol. The van der Waals surface area contributed by atoms with Gasteiger partial charge in [0, 0.05) is 63.1 Å². The standard InChI is InChI=1S/C20H26N6O3/c1-24-9-11-25(12-10-24)19(27)18-14-16(2-6-21-18)22-20(28)26-7-3-15(4-8-26)17-5-13-29-23-17/h2,5-6,13-15H,3-4,7-12H2,1H3,(H,21,22,28). The van der Waals surface area contributed by atoms with Crippen LogP contribution in [0.3, 0.4) is 0 Å². The molecule has 0 radical (unpaired) electrons. The number of likely N-dealkylation sites (tertiary alicyclic amines) is 1. The van der Waals surface area contributed by atoms with Gasteiger partial charge in [-0.1, -0.05) is 5.16 Å². The number of rotatable bonds is 3. The number of anilines is 1. The molecule has 2 aliphatic rings. The summed E-state index contributed by atoms with van der Waals surface area (Å²) >= 11 is 0. The Hall–Kier alpha value is -2.94. The van der Waals surface area contributed by atoms with Crippen LogP contribution < -0.4 is 5.32 Å². The van der Waals surface area contributed by atoms with Gasteiger partial charge < -0.3 is 24.5 Å². The lowest BCUT2D eigenvalue weighted by atomic mass is 9.94. The molecule has 0 bridgehead atoms. The minimum absolute atomic E-state index is 0.0948. The zero-order valence-electron chi connectivity index (χ0n) is 16.6. The van der Waals surface area contributed by atoms with E-state index in [1.807, 2.05) is 18.0 Å². The molecule has 2 fully saturated rings. The first kappa shape index (κ1) is 19.4. The third-order valence-corrected chi connectivity index (χ3v) is 5.68. The number of carbonyl (C=O) groups is 2. The van der Waals surface area contributed by atoms with Crippen LogP contribution in [-0.2, 0) is 0 Å². The molecular formula is C20H26N6O3. The van der Waals surface area contributed by atoms with Crippen LogP contribution in [0, 0.1) is 0 Å². The number of amides is 3. The zero-order valence-corrected chi connectivity index (χ0v) is 16.6. The fourth-order valence-corrected chi connectivity index (χ4v) is 3.81. The number of pyridine rings is 1. The maximum Gasteiger partial charge on any atom is 0.321 e. The molecule has 2 saturated heterocycles. The van der Waals surface area contributed by atoms with E-state index in [1.165, 1.54) is 0 Å². The number of aromatic nitrogens is 2. The number of nitrogens with one attached hydrogen (secondary N) is 1. The summed E-state index contributed by atoms with van der Waals surface area (Å²) in [4.78, 5) is 35.3. The van der Waals surface area contributed by atoms with Gasteiger partial charge in [-0.25, -0.2) is 4.79 Å². The molecule has 9 nitrogen and oxygen atoms in total. The molecule has 9 heteroatoms. The molecule has 3 amide bonds. The number of piperazine rings is 1. The van der Waals surface area contributed by atoms with E-state index in [1.54, 1.807) is 29.5 Å². The van der Waals surface area contributed by atoms with Crippen molar-refractivity contribution in [3.8, 4) is 0 Å². The van der Waals surface area contributed by atoms with Crippen molar-refractivity contribution in [3.63, 3.8) is 0 Å². The monoisotopic (exact) mass is 398 g/mol. The Bertz CT molecular complexity index is 840. The van der Waals surface area contributed by atoms with Crippen LogP contribution in [0.5, 0.6) is 0 Å². The molecule has 0 aromatic carbocycles. The minimum Gasteiger partial charge on any atom is -0.365 e. The molecule has 0 atom stereocenters. The normalized spacial score (nSPS) is 18.7. The van der Waals surface area contributed by atoms with Gasteiger partial charge in [0.1, 0.15) is 12.0 Å². The lowest BCUT2D eigenvalue weighted by Crippen LogP contribution is -2.47. The molecule has 0 aliphatic carbocycles. The Morgan fingerprint density at radius 2 is 1.83 bits per heavy atom. The predicted octanol–water partition coefficient (Wildman–Crippen LogP) is 1.87. The van der Waals surface area contributed by atoms with E-state index in [0.717, 1.165) is 31.6 Å². The smallest absolute Gasteiger partial charge is 0.321 e. The molecular weight excluding hydrogens is 372 g/mol. The first-order valence-electron chi connectivity index (χ1n) is 10.0. The largest absolute Gasteiger partial charge is 0.365 e. The third kappa shape index (κ3) is 4.56. The molecule has 0 saturated carbocycles. The molecule has 154 valence electrons. The van der Waals surface area contributed by atoms with Crippen molar-refractivity contribution >= 4 is 17.6 Å². The summed E-state index contributed by atoms with van der Waals surface area (Å²) in [5.41, 5.74) is 1.89. The van der Waals surface area contributed by atoms with Gasteiger partial charge in [-0.15, -0.1) is 0 Å². The summed E-state index contributed by atoms with van der Waals surface area (Å²) in [6.45, 7) is 4.39. The SMILES string of the molecule is CN1CCN(C(=O)c2cc(NC(=O)N3CCC(c4ccon4)CC3)ccn2)CC1. The van der Waals surface area contributed by atoms with E-state index in [4.69, 9.17) is 4.52 Å². The number of hydrogen-bond donors (Lipinski definition) is 1. The van der Waals surface area contributed by atoms with Crippen LogP contribution in [0.1, 0.15) is 34.9 Å². The van der Waals surface area contributed by atoms with Crippen LogP contribution in [0.25, 0.3) is 0 Å². The Kier molecular flexibility index (Phi) is 5.75. The van der Waals surface area contributed by atoms with Gasteiger partial charge in [0.15, 0.2) is 0 Å². The number of urea groups is 1. The number of carbonyl (C=O) groups excluding carboxylic acids is 2. The van der Waals surface area contributed by atoms with E-state index < -0.39 is 0 Å². The van der Waals surface area contributed by atoms with Crippen LogP contribution in [-0.4, -0.2) is 83.1 Å². The van der Waals surface area contributed by atoms with Crippen LogP contribution >= 0.6 is 0 Å². The highest BCUT2D eigenvalue weighted by molar-refractivity contribution is 5.95. The highest BCUT2D eigenvalue weighted by Gasteiger charge is 2.26. The molecule has 29 heavy (non-hydrogen) atoms. The molecule has 2 aromatic heterocycles. The molecule has 4 heterocycles. The molecule has 4 rings (SSSR count).